The molecule has 1 aliphatic carbocycles. The highest BCUT2D eigenvalue weighted by atomic mass is 16.1. The Morgan fingerprint density at radius 1 is 0.812 bits per heavy atom. The Hall–Kier alpha value is -3.17. The number of carbonyl (C=O) groups is 1. The summed E-state index contributed by atoms with van der Waals surface area (Å²) in [5.74, 6) is 0.00421. The molecule has 162 valence electrons. The zero-order valence-electron chi connectivity index (χ0n) is 18.5. The van der Waals surface area contributed by atoms with Gasteiger partial charge < -0.3 is 5.32 Å². The third kappa shape index (κ3) is 4.84. The highest BCUT2D eigenvalue weighted by Gasteiger charge is 2.17. The number of anilines is 1. The molecule has 1 N–H and O–H groups in total. The van der Waals surface area contributed by atoms with E-state index in [9.17, 15) is 4.79 Å². The first kappa shape index (κ1) is 20.7. The number of fused-ring (bicyclic) bond motifs is 1. The Morgan fingerprint density at radius 2 is 1.59 bits per heavy atom. The second-order valence-electron chi connectivity index (χ2n) is 8.94. The standard InChI is InChI=1S/C29H30N2O/c32-29(30-28-15-9-22(10-16-28)21-31-17-5-2-6-18-31)26-14-12-24-11-13-25(19-27(24)20-26)23-7-3-1-4-8-23/h1,3-4,7-11,13,15-16,19-20H,2,5-6,12,14,17-18,21H2,(H,30,32). The minimum Gasteiger partial charge on any atom is -0.322 e. The van der Waals surface area contributed by atoms with Crippen LogP contribution >= 0.6 is 0 Å². The third-order valence-electron chi connectivity index (χ3n) is 6.60. The monoisotopic (exact) mass is 422 g/mol. The number of carbonyl (C=O) groups excluding carboxylic acids is 1. The van der Waals surface area contributed by atoms with Crippen molar-refractivity contribution in [2.75, 3.05) is 18.4 Å². The summed E-state index contributed by atoms with van der Waals surface area (Å²) >= 11 is 0. The third-order valence-corrected chi connectivity index (χ3v) is 6.60. The first-order valence-corrected chi connectivity index (χ1v) is 11.8. The van der Waals surface area contributed by atoms with E-state index in [1.165, 1.54) is 54.6 Å². The van der Waals surface area contributed by atoms with Crippen molar-refractivity contribution in [1.29, 1.82) is 0 Å². The van der Waals surface area contributed by atoms with Gasteiger partial charge in [0.25, 0.3) is 5.91 Å². The fraction of sp³-hybridized carbons (Fsp3) is 0.276. The van der Waals surface area contributed by atoms with E-state index in [-0.39, 0.29) is 5.91 Å². The minimum atomic E-state index is 0.00421. The van der Waals surface area contributed by atoms with E-state index in [0.717, 1.165) is 36.2 Å². The molecule has 0 atom stereocenters. The van der Waals surface area contributed by atoms with E-state index in [4.69, 9.17) is 0 Å². The lowest BCUT2D eigenvalue weighted by Crippen LogP contribution is -2.29. The molecule has 32 heavy (non-hydrogen) atoms. The summed E-state index contributed by atoms with van der Waals surface area (Å²) < 4.78 is 0. The van der Waals surface area contributed by atoms with Crippen LogP contribution in [0.25, 0.3) is 17.2 Å². The van der Waals surface area contributed by atoms with Gasteiger partial charge in [-0.15, -0.1) is 0 Å². The molecule has 1 saturated heterocycles. The number of benzene rings is 3. The van der Waals surface area contributed by atoms with Crippen molar-refractivity contribution in [1.82, 2.24) is 4.90 Å². The maximum atomic E-state index is 12.9. The van der Waals surface area contributed by atoms with Gasteiger partial charge in [0, 0.05) is 17.8 Å². The van der Waals surface area contributed by atoms with Gasteiger partial charge in [-0.25, -0.2) is 0 Å². The summed E-state index contributed by atoms with van der Waals surface area (Å²) in [5.41, 5.74) is 7.87. The Labute approximate surface area is 190 Å². The summed E-state index contributed by atoms with van der Waals surface area (Å²) in [6.07, 6.45) is 7.70. The molecule has 0 radical (unpaired) electrons. The molecule has 5 rings (SSSR count). The number of amides is 1. The normalized spacial score (nSPS) is 16.2. The molecule has 0 aromatic heterocycles. The van der Waals surface area contributed by atoms with Crippen LogP contribution in [-0.4, -0.2) is 23.9 Å². The number of hydrogen-bond acceptors (Lipinski definition) is 2. The lowest BCUT2D eigenvalue weighted by molar-refractivity contribution is -0.112. The summed E-state index contributed by atoms with van der Waals surface area (Å²) in [7, 11) is 0. The van der Waals surface area contributed by atoms with Crippen LogP contribution in [-0.2, 0) is 17.8 Å². The van der Waals surface area contributed by atoms with Gasteiger partial charge in [-0.2, -0.15) is 0 Å². The predicted molar refractivity (Wildman–Crippen MR) is 132 cm³/mol. The van der Waals surface area contributed by atoms with Crippen LogP contribution in [0.5, 0.6) is 0 Å². The lowest BCUT2D eigenvalue weighted by Gasteiger charge is -2.26. The maximum Gasteiger partial charge on any atom is 0.251 e. The number of aryl methyl sites for hydroxylation is 1. The second kappa shape index (κ2) is 9.54. The smallest absolute Gasteiger partial charge is 0.251 e. The van der Waals surface area contributed by atoms with Crippen molar-refractivity contribution in [2.45, 2.75) is 38.6 Å². The first-order chi connectivity index (χ1) is 15.7. The molecule has 1 amide bonds. The topological polar surface area (TPSA) is 32.3 Å². The van der Waals surface area contributed by atoms with Gasteiger partial charge in [0.1, 0.15) is 0 Å². The predicted octanol–water partition coefficient (Wildman–Crippen LogP) is 6.31. The molecule has 3 aromatic carbocycles. The van der Waals surface area contributed by atoms with Crippen LogP contribution in [0, 0.1) is 0 Å². The average molecular weight is 423 g/mol. The van der Waals surface area contributed by atoms with Gasteiger partial charge >= 0.3 is 0 Å². The molecular formula is C29H30N2O. The zero-order chi connectivity index (χ0) is 21.8. The van der Waals surface area contributed by atoms with Crippen molar-refractivity contribution in [3.8, 4) is 11.1 Å². The molecule has 3 nitrogen and oxygen atoms in total. The number of hydrogen-bond donors (Lipinski definition) is 1. The van der Waals surface area contributed by atoms with Crippen molar-refractivity contribution in [3.63, 3.8) is 0 Å². The van der Waals surface area contributed by atoms with Crippen LogP contribution in [0.3, 0.4) is 0 Å². The molecule has 3 aromatic rings. The zero-order valence-corrected chi connectivity index (χ0v) is 18.5. The highest BCUT2D eigenvalue weighted by molar-refractivity contribution is 6.07. The summed E-state index contributed by atoms with van der Waals surface area (Å²) in [5, 5.41) is 3.10. The molecular weight excluding hydrogens is 392 g/mol. The fourth-order valence-electron chi connectivity index (χ4n) is 4.76. The van der Waals surface area contributed by atoms with Gasteiger partial charge in [-0.3, -0.25) is 9.69 Å². The van der Waals surface area contributed by atoms with E-state index < -0.39 is 0 Å². The SMILES string of the molecule is O=C(Nc1ccc(CN2CCCCC2)cc1)C1=Cc2cc(-c3ccccc3)ccc2CC1. The molecule has 0 saturated carbocycles. The quantitative estimate of drug-likeness (QED) is 0.523. The summed E-state index contributed by atoms with van der Waals surface area (Å²) in [4.78, 5) is 15.5. The van der Waals surface area contributed by atoms with Gasteiger partial charge in [-0.1, -0.05) is 61.0 Å². The molecule has 0 unspecified atom stereocenters. The molecule has 1 fully saturated rings. The highest BCUT2D eigenvalue weighted by Crippen LogP contribution is 2.29. The Balaban J connectivity index is 1.26. The Kier molecular flexibility index (Phi) is 6.17. The molecule has 1 aliphatic heterocycles. The van der Waals surface area contributed by atoms with Crippen molar-refractivity contribution >= 4 is 17.7 Å². The van der Waals surface area contributed by atoms with Gasteiger partial charge in [0.05, 0.1) is 0 Å². The van der Waals surface area contributed by atoms with Crippen LogP contribution in [0.4, 0.5) is 5.69 Å². The minimum absolute atomic E-state index is 0.00421. The van der Waals surface area contributed by atoms with Gasteiger partial charge in [0.15, 0.2) is 0 Å². The largest absolute Gasteiger partial charge is 0.322 e. The number of nitrogens with zero attached hydrogens (tertiary/aromatic N) is 1. The van der Waals surface area contributed by atoms with E-state index in [2.05, 4.69) is 70.9 Å². The molecule has 0 spiro atoms. The second-order valence-corrected chi connectivity index (χ2v) is 8.94. The van der Waals surface area contributed by atoms with Crippen molar-refractivity contribution < 1.29 is 4.79 Å². The van der Waals surface area contributed by atoms with Crippen molar-refractivity contribution in [3.05, 3.63) is 95.1 Å². The first-order valence-electron chi connectivity index (χ1n) is 11.8. The van der Waals surface area contributed by atoms with Crippen LogP contribution in [0.2, 0.25) is 0 Å². The van der Waals surface area contributed by atoms with E-state index in [0.29, 0.717) is 0 Å². The van der Waals surface area contributed by atoms with Gasteiger partial charge in [-0.05, 0) is 90.9 Å². The number of rotatable bonds is 5. The van der Waals surface area contributed by atoms with E-state index >= 15 is 0 Å². The average Bonchev–Trinajstić information content (AvgIpc) is 2.86. The van der Waals surface area contributed by atoms with Gasteiger partial charge in [0.2, 0.25) is 0 Å². The summed E-state index contributed by atoms with van der Waals surface area (Å²) in [6.45, 7) is 3.39. The summed E-state index contributed by atoms with van der Waals surface area (Å²) in [6, 6.07) is 25.3. The lowest BCUT2D eigenvalue weighted by atomic mass is 9.89. The number of likely N-dealkylation sites (tertiary alicyclic amines) is 1. The van der Waals surface area contributed by atoms with E-state index in [1.807, 2.05) is 18.2 Å². The molecule has 1 heterocycles. The molecule has 2 aliphatic rings. The van der Waals surface area contributed by atoms with E-state index in [1.54, 1.807) is 0 Å². The molecule has 0 bridgehead atoms. The Bertz CT molecular complexity index is 1110. The Morgan fingerprint density at radius 3 is 2.38 bits per heavy atom. The number of nitrogens with one attached hydrogen (secondary N) is 1. The van der Waals surface area contributed by atoms with Crippen molar-refractivity contribution in [2.24, 2.45) is 0 Å². The number of piperidine rings is 1. The van der Waals surface area contributed by atoms with Crippen LogP contribution in [0.1, 0.15) is 42.4 Å². The van der Waals surface area contributed by atoms with Crippen LogP contribution in [0.15, 0.2) is 78.4 Å². The molecule has 3 heteroatoms. The van der Waals surface area contributed by atoms with Crippen LogP contribution < -0.4 is 5.32 Å². The maximum absolute atomic E-state index is 12.9. The fourth-order valence-corrected chi connectivity index (χ4v) is 4.76.